The molecule has 2 aliphatic heterocycles. The van der Waals surface area contributed by atoms with Crippen LogP contribution in [0.1, 0.15) is 45.3 Å². The summed E-state index contributed by atoms with van der Waals surface area (Å²) in [7, 11) is 1.70. The number of hydrogen-bond acceptors (Lipinski definition) is 6. The monoisotopic (exact) mass is 576 g/mol. The number of methoxy groups -OCH3 is 1. The molecule has 0 saturated heterocycles. The smallest absolute Gasteiger partial charge is 0.164 e. The summed E-state index contributed by atoms with van der Waals surface area (Å²) in [5.41, 5.74) is 11.7. The van der Waals surface area contributed by atoms with Crippen LogP contribution in [0.15, 0.2) is 109 Å². The summed E-state index contributed by atoms with van der Waals surface area (Å²) in [5.74, 6) is 1.77. The van der Waals surface area contributed by atoms with Crippen LogP contribution in [0.25, 0.3) is 0 Å². The van der Waals surface area contributed by atoms with Gasteiger partial charge in [-0.15, -0.1) is 0 Å². The van der Waals surface area contributed by atoms with E-state index in [1.54, 1.807) is 7.11 Å². The van der Waals surface area contributed by atoms with Crippen molar-refractivity contribution in [3.63, 3.8) is 0 Å². The molecule has 1 unspecified atom stereocenters. The molecule has 6 heteroatoms. The van der Waals surface area contributed by atoms with Gasteiger partial charge in [0.1, 0.15) is 6.61 Å². The predicted molar refractivity (Wildman–Crippen MR) is 169 cm³/mol. The van der Waals surface area contributed by atoms with Crippen LogP contribution in [0.4, 0.5) is 0 Å². The number of nitrogens with zero attached hydrogens (tertiary/aromatic N) is 1. The summed E-state index contributed by atoms with van der Waals surface area (Å²) < 4.78 is 18.0. The van der Waals surface area contributed by atoms with Gasteiger partial charge >= 0.3 is 0 Å². The van der Waals surface area contributed by atoms with Crippen LogP contribution in [0.5, 0.6) is 11.5 Å². The van der Waals surface area contributed by atoms with Gasteiger partial charge in [-0.1, -0.05) is 96.6 Å². The number of aryl methyl sites for hydroxylation is 1. The largest absolute Gasteiger partial charge is 0.493 e. The average molecular weight is 577 g/mol. The van der Waals surface area contributed by atoms with Crippen LogP contribution < -0.4 is 15.0 Å². The molecule has 6 nitrogen and oxygen atoms in total. The van der Waals surface area contributed by atoms with Crippen molar-refractivity contribution in [3.8, 4) is 11.5 Å². The van der Waals surface area contributed by atoms with Gasteiger partial charge in [0.15, 0.2) is 11.5 Å². The Bertz CT molecular complexity index is 1520. The lowest BCUT2D eigenvalue weighted by Gasteiger charge is -2.43. The molecule has 0 bridgehead atoms. The quantitative estimate of drug-likeness (QED) is 0.146. The van der Waals surface area contributed by atoms with Crippen LogP contribution in [-0.4, -0.2) is 38.3 Å². The second-order valence-electron chi connectivity index (χ2n) is 11.2. The number of benzene rings is 4. The van der Waals surface area contributed by atoms with E-state index in [0.29, 0.717) is 26.4 Å². The molecule has 2 heterocycles. The highest BCUT2D eigenvalue weighted by Gasteiger charge is 2.36. The third-order valence-electron chi connectivity index (χ3n) is 8.27. The highest BCUT2D eigenvalue weighted by atomic mass is 16.6. The van der Waals surface area contributed by atoms with Crippen LogP contribution in [0.2, 0.25) is 0 Å². The van der Waals surface area contributed by atoms with Crippen molar-refractivity contribution in [1.29, 1.82) is 0 Å². The number of nitrogens with one attached hydrogen (secondary N) is 1. The summed E-state index contributed by atoms with van der Waals surface area (Å²) in [6.45, 7) is 6.00. The van der Waals surface area contributed by atoms with Crippen molar-refractivity contribution >= 4 is 0 Å². The fourth-order valence-corrected chi connectivity index (χ4v) is 6.11. The first-order chi connectivity index (χ1) is 21.2. The van der Waals surface area contributed by atoms with E-state index in [1.165, 1.54) is 22.3 Å². The zero-order chi connectivity index (χ0) is 29.4. The van der Waals surface area contributed by atoms with Gasteiger partial charge in [-0.3, -0.25) is 15.2 Å². The van der Waals surface area contributed by atoms with E-state index in [2.05, 4.69) is 78.0 Å². The van der Waals surface area contributed by atoms with Crippen molar-refractivity contribution in [2.24, 2.45) is 0 Å². The summed E-state index contributed by atoms with van der Waals surface area (Å²) in [4.78, 5) is 8.65. The van der Waals surface area contributed by atoms with E-state index in [9.17, 15) is 0 Å². The molecule has 0 radical (unpaired) electrons. The molecule has 0 spiro atoms. The van der Waals surface area contributed by atoms with Gasteiger partial charge in [-0.05, 0) is 47.7 Å². The Morgan fingerprint density at radius 2 is 1.60 bits per heavy atom. The maximum atomic E-state index is 6.36. The molecule has 2 atom stereocenters. The number of fused-ring (bicyclic) bond motifs is 3. The van der Waals surface area contributed by atoms with Gasteiger partial charge in [0.05, 0.1) is 33.0 Å². The van der Waals surface area contributed by atoms with E-state index in [1.807, 2.05) is 42.5 Å². The first kappa shape index (κ1) is 29.0. The van der Waals surface area contributed by atoms with Gasteiger partial charge in [0.25, 0.3) is 0 Å². The molecular formula is C37H40N2O4. The normalized spacial score (nSPS) is 17.9. The van der Waals surface area contributed by atoms with E-state index in [-0.39, 0.29) is 12.0 Å². The van der Waals surface area contributed by atoms with E-state index < -0.39 is 0 Å². The maximum absolute atomic E-state index is 6.36. The van der Waals surface area contributed by atoms with Crippen molar-refractivity contribution < 1.29 is 19.0 Å². The molecule has 0 aromatic heterocycles. The molecule has 0 amide bonds. The van der Waals surface area contributed by atoms with Gasteiger partial charge in [-0.2, -0.15) is 0 Å². The Kier molecular flexibility index (Phi) is 9.38. The number of hydroxylamine groups is 1. The molecule has 6 rings (SSSR count). The summed E-state index contributed by atoms with van der Waals surface area (Å²) in [6.07, 6.45) is 3.23. The number of hydrogen-bond donors (Lipinski definition) is 1. The zero-order valence-electron chi connectivity index (χ0n) is 25.0. The minimum atomic E-state index is 0.107. The zero-order valence-corrected chi connectivity index (χ0v) is 25.0. The minimum Gasteiger partial charge on any atom is -0.493 e. The lowest BCUT2D eigenvalue weighted by molar-refractivity contribution is 0.0386. The van der Waals surface area contributed by atoms with E-state index in [4.69, 9.17) is 19.0 Å². The van der Waals surface area contributed by atoms with Crippen LogP contribution in [-0.2, 0) is 29.2 Å². The third kappa shape index (κ3) is 6.94. The fourth-order valence-electron chi connectivity index (χ4n) is 6.11. The van der Waals surface area contributed by atoms with E-state index >= 15 is 0 Å². The highest BCUT2D eigenvalue weighted by molar-refractivity contribution is 5.54. The van der Waals surface area contributed by atoms with Crippen molar-refractivity contribution in [3.05, 3.63) is 142 Å². The van der Waals surface area contributed by atoms with Crippen molar-refractivity contribution in [2.45, 2.75) is 38.5 Å². The second kappa shape index (κ2) is 13.9. The van der Waals surface area contributed by atoms with Crippen molar-refractivity contribution in [1.82, 2.24) is 10.4 Å². The summed E-state index contributed by atoms with van der Waals surface area (Å²) >= 11 is 0. The minimum absolute atomic E-state index is 0.107. The van der Waals surface area contributed by atoms with Gasteiger partial charge in [0.2, 0.25) is 0 Å². The third-order valence-corrected chi connectivity index (χ3v) is 8.27. The fraction of sp³-hybridized carbons (Fsp3) is 0.297. The average Bonchev–Trinajstić information content (AvgIpc) is 3.05. The number of ether oxygens (including phenoxy) is 3. The first-order valence-electron chi connectivity index (χ1n) is 15.1. The SMILES string of the molecule is COc1ccc2c(c1OCCOCc1ccccc1)CCN1CC(c3cccc(C)c3)C(NOCc3ccccc3)=C[C@@H]21. The Hall–Kier alpha value is -4.10. The topological polar surface area (TPSA) is 52.2 Å². The Morgan fingerprint density at radius 3 is 2.35 bits per heavy atom. The number of rotatable bonds is 12. The molecule has 1 N–H and O–H groups in total. The molecule has 222 valence electrons. The molecular weight excluding hydrogens is 536 g/mol. The van der Waals surface area contributed by atoms with Crippen molar-refractivity contribution in [2.75, 3.05) is 33.4 Å². The van der Waals surface area contributed by atoms with Gasteiger partial charge in [0, 0.05) is 30.3 Å². The second-order valence-corrected chi connectivity index (χ2v) is 11.2. The summed E-state index contributed by atoms with van der Waals surface area (Å²) in [5, 5.41) is 0. The highest BCUT2D eigenvalue weighted by Crippen LogP contribution is 2.45. The molecule has 0 saturated carbocycles. The standard InChI is InChI=1S/C37H40N2O4/c1-27-10-9-15-30(22-27)33-24-39-19-18-32-31(35(39)23-34(33)38-43-26-29-13-7-4-8-14-29)16-17-36(40-2)37(32)42-21-20-41-25-28-11-5-3-6-12-28/h3-17,22-23,33,35,38H,18-21,24-26H2,1-2H3/t33?,35-/m0/s1. The maximum Gasteiger partial charge on any atom is 0.164 e. The molecule has 0 aliphatic carbocycles. The van der Waals surface area contributed by atoms with Crippen LogP contribution in [0.3, 0.4) is 0 Å². The molecule has 43 heavy (non-hydrogen) atoms. The predicted octanol–water partition coefficient (Wildman–Crippen LogP) is 6.90. The lowest BCUT2D eigenvalue weighted by atomic mass is 9.83. The molecule has 4 aromatic carbocycles. The molecule has 2 aliphatic rings. The van der Waals surface area contributed by atoms with Crippen LogP contribution in [0, 0.1) is 6.92 Å². The Labute approximate surface area is 254 Å². The summed E-state index contributed by atoms with van der Waals surface area (Å²) in [6, 6.07) is 33.6. The Morgan fingerprint density at radius 1 is 0.837 bits per heavy atom. The van der Waals surface area contributed by atoms with Crippen LogP contribution >= 0.6 is 0 Å². The Balaban J connectivity index is 1.22. The molecule has 0 fully saturated rings. The molecule has 4 aromatic rings. The van der Waals surface area contributed by atoms with Gasteiger partial charge in [-0.25, -0.2) is 0 Å². The first-order valence-corrected chi connectivity index (χ1v) is 15.1. The van der Waals surface area contributed by atoms with Gasteiger partial charge < -0.3 is 14.2 Å². The van der Waals surface area contributed by atoms with E-state index in [0.717, 1.165) is 47.8 Å². The lowest BCUT2D eigenvalue weighted by Crippen LogP contribution is -2.43.